The molecule has 3 N–H and O–H groups in total. The van der Waals surface area contributed by atoms with Crippen LogP contribution in [0, 0.1) is 0 Å². The van der Waals surface area contributed by atoms with Crippen molar-refractivity contribution in [1.82, 2.24) is 10.4 Å². The fourth-order valence-corrected chi connectivity index (χ4v) is 2.40. The summed E-state index contributed by atoms with van der Waals surface area (Å²) in [5, 5.41) is 1.04. The molecule has 0 radical (unpaired) electrons. The Bertz CT molecular complexity index is 585. The zero-order valence-corrected chi connectivity index (χ0v) is 9.31. The number of hydrogen-bond acceptors (Lipinski definition) is 3. The Balaban J connectivity index is 2.21. The van der Waals surface area contributed by atoms with E-state index in [9.17, 15) is 4.79 Å². The molecule has 4 heteroatoms. The van der Waals surface area contributed by atoms with Gasteiger partial charge in [0.1, 0.15) is 0 Å². The number of nitrogens with two attached hydrogens (primary N) is 1. The third-order valence-electron chi connectivity index (χ3n) is 3.48. The summed E-state index contributed by atoms with van der Waals surface area (Å²) in [6.45, 7) is 0. The first-order valence-corrected chi connectivity index (χ1v) is 5.63. The Morgan fingerprint density at radius 1 is 1.29 bits per heavy atom. The van der Waals surface area contributed by atoms with Gasteiger partial charge in [-0.1, -0.05) is 18.2 Å². The molecule has 1 saturated carbocycles. The molecule has 3 rings (SSSR count). The van der Waals surface area contributed by atoms with E-state index in [1.807, 2.05) is 30.3 Å². The normalized spacial score (nSPS) is 16.8. The van der Waals surface area contributed by atoms with Crippen molar-refractivity contribution in [2.75, 3.05) is 0 Å². The molecule has 1 aliphatic carbocycles. The minimum absolute atomic E-state index is 0.103. The van der Waals surface area contributed by atoms with Crippen molar-refractivity contribution in [3.63, 3.8) is 0 Å². The highest BCUT2D eigenvalue weighted by atomic mass is 16.2. The fourth-order valence-electron chi connectivity index (χ4n) is 2.40. The molecule has 0 saturated heterocycles. The lowest BCUT2D eigenvalue weighted by Crippen LogP contribution is -2.39. The summed E-state index contributed by atoms with van der Waals surface area (Å²) in [7, 11) is 0. The van der Waals surface area contributed by atoms with Gasteiger partial charge in [-0.05, 0) is 30.5 Å². The maximum absolute atomic E-state index is 11.9. The number of rotatable bonds is 2. The number of benzene rings is 1. The molecule has 1 heterocycles. The van der Waals surface area contributed by atoms with Crippen LogP contribution in [0.2, 0.25) is 0 Å². The fraction of sp³-hybridized carbons (Fsp3) is 0.231. The number of amides is 1. The van der Waals surface area contributed by atoms with Crippen molar-refractivity contribution in [1.29, 1.82) is 0 Å². The van der Waals surface area contributed by atoms with Crippen molar-refractivity contribution in [2.24, 2.45) is 5.84 Å². The topological polar surface area (TPSA) is 68.0 Å². The van der Waals surface area contributed by atoms with E-state index in [0.29, 0.717) is 0 Å². The van der Waals surface area contributed by atoms with Crippen LogP contribution in [0.1, 0.15) is 18.4 Å². The lowest BCUT2D eigenvalue weighted by atomic mass is 9.91. The number of hydrogen-bond donors (Lipinski definition) is 2. The number of carbonyl (C=O) groups is 1. The number of aromatic nitrogens is 1. The van der Waals surface area contributed by atoms with Gasteiger partial charge in [-0.3, -0.25) is 15.2 Å². The summed E-state index contributed by atoms with van der Waals surface area (Å²) in [5.74, 6) is 5.16. The molecule has 0 bridgehead atoms. The van der Waals surface area contributed by atoms with Crippen molar-refractivity contribution >= 4 is 16.8 Å². The number of carbonyl (C=O) groups excluding carboxylic acids is 1. The molecule has 1 amide bonds. The highest BCUT2D eigenvalue weighted by molar-refractivity contribution is 5.96. The second kappa shape index (κ2) is 3.53. The predicted octanol–water partition coefficient (Wildman–Crippen LogP) is 1.26. The van der Waals surface area contributed by atoms with Gasteiger partial charge in [0.05, 0.1) is 10.9 Å². The van der Waals surface area contributed by atoms with Crippen LogP contribution in [-0.2, 0) is 10.2 Å². The van der Waals surface area contributed by atoms with Gasteiger partial charge in [0.25, 0.3) is 0 Å². The first-order chi connectivity index (χ1) is 8.28. The molecule has 0 aliphatic heterocycles. The smallest absolute Gasteiger partial charge is 0.244 e. The van der Waals surface area contributed by atoms with Gasteiger partial charge < -0.3 is 0 Å². The average Bonchev–Trinajstić information content (AvgIpc) is 3.18. The Morgan fingerprint density at radius 3 is 2.82 bits per heavy atom. The molecule has 2 aromatic rings. The van der Waals surface area contributed by atoms with Gasteiger partial charge in [-0.2, -0.15) is 0 Å². The van der Waals surface area contributed by atoms with Gasteiger partial charge in [0.2, 0.25) is 5.91 Å². The first kappa shape index (κ1) is 10.2. The van der Waals surface area contributed by atoms with Gasteiger partial charge >= 0.3 is 0 Å². The maximum atomic E-state index is 11.9. The monoisotopic (exact) mass is 227 g/mol. The third-order valence-corrected chi connectivity index (χ3v) is 3.48. The van der Waals surface area contributed by atoms with E-state index < -0.39 is 5.41 Å². The quantitative estimate of drug-likeness (QED) is 0.461. The van der Waals surface area contributed by atoms with E-state index in [2.05, 4.69) is 10.4 Å². The van der Waals surface area contributed by atoms with Crippen LogP contribution in [0.3, 0.4) is 0 Å². The Morgan fingerprint density at radius 2 is 2.12 bits per heavy atom. The second-order valence-electron chi connectivity index (χ2n) is 4.43. The van der Waals surface area contributed by atoms with Crippen molar-refractivity contribution in [3.05, 3.63) is 42.1 Å². The molecule has 0 atom stereocenters. The van der Waals surface area contributed by atoms with Crippen LogP contribution in [0.4, 0.5) is 0 Å². The summed E-state index contributed by atoms with van der Waals surface area (Å²) in [4.78, 5) is 16.2. The largest absolute Gasteiger partial charge is 0.293 e. The molecule has 86 valence electrons. The zero-order valence-electron chi connectivity index (χ0n) is 9.31. The Hall–Kier alpha value is -1.94. The summed E-state index contributed by atoms with van der Waals surface area (Å²) in [6.07, 6.45) is 3.46. The molecule has 4 nitrogen and oxygen atoms in total. The summed E-state index contributed by atoms with van der Waals surface area (Å²) >= 11 is 0. The van der Waals surface area contributed by atoms with Crippen LogP contribution >= 0.6 is 0 Å². The highest BCUT2D eigenvalue weighted by Gasteiger charge is 2.51. The lowest BCUT2D eigenvalue weighted by molar-refractivity contribution is -0.123. The van der Waals surface area contributed by atoms with Crippen LogP contribution in [0.5, 0.6) is 0 Å². The van der Waals surface area contributed by atoms with Crippen LogP contribution in [0.25, 0.3) is 10.9 Å². The van der Waals surface area contributed by atoms with E-state index in [1.165, 1.54) is 0 Å². The standard InChI is InChI=1S/C13H13N3O/c14-16-12(17)13(6-7-13)10-4-1-5-11-9(10)3-2-8-15-11/h1-5,8H,6-7,14H2,(H,16,17). The molecular weight excluding hydrogens is 214 g/mol. The van der Waals surface area contributed by atoms with Gasteiger partial charge in [0, 0.05) is 11.6 Å². The molecule has 1 aliphatic rings. The molecule has 1 aromatic carbocycles. The molecular formula is C13H13N3O. The third kappa shape index (κ3) is 1.41. The van der Waals surface area contributed by atoms with Gasteiger partial charge in [-0.25, -0.2) is 5.84 Å². The van der Waals surface area contributed by atoms with Crippen molar-refractivity contribution in [3.8, 4) is 0 Å². The Kier molecular flexibility index (Phi) is 2.12. The van der Waals surface area contributed by atoms with E-state index in [4.69, 9.17) is 5.84 Å². The van der Waals surface area contributed by atoms with E-state index in [1.54, 1.807) is 6.20 Å². The second-order valence-corrected chi connectivity index (χ2v) is 4.43. The van der Waals surface area contributed by atoms with Crippen molar-refractivity contribution < 1.29 is 4.79 Å². The highest BCUT2D eigenvalue weighted by Crippen LogP contribution is 2.50. The molecule has 0 unspecified atom stereocenters. The predicted molar refractivity (Wildman–Crippen MR) is 65.0 cm³/mol. The minimum Gasteiger partial charge on any atom is -0.293 e. The minimum atomic E-state index is -0.433. The van der Waals surface area contributed by atoms with E-state index in [-0.39, 0.29) is 5.91 Å². The van der Waals surface area contributed by atoms with Crippen LogP contribution < -0.4 is 11.3 Å². The first-order valence-electron chi connectivity index (χ1n) is 5.63. The van der Waals surface area contributed by atoms with Crippen molar-refractivity contribution in [2.45, 2.75) is 18.3 Å². The van der Waals surface area contributed by atoms with E-state index in [0.717, 1.165) is 29.3 Å². The van der Waals surface area contributed by atoms with E-state index >= 15 is 0 Å². The summed E-state index contributed by atoms with van der Waals surface area (Å²) in [5.41, 5.74) is 3.79. The molecule has 1 fully saturated rings. The summed E-state index contributed by atoms with van der Waals surface area (Å²) in [6, 6.07) is 9.78. The van der Waals surface area contributed by atoms with Gasteiger partial charge in [-0.15, -0.1) is 0 Å². The van der Waals surface area contributed by atoms with Gasteiger partial charge in [0.15, 0.2) is 0 Å². The number of pyridine rings is 1. The maximum Gasteiger partial charge on any atom is 0.244 e. The zero-order chi connectivity index (χ0) is 11.9. The number of nitrogens with one attached hydrogen (secondary N) is 1. The lowest BCUT2D eigenvalue weighted by Gasteiger charge is -2.15. The van der Waals surface area contributed by atoms with Crippen LogP contribution in [-0.4, -0.2) is 10.9 Å². The molecule has 0 spiro atoms. The SMILES string of the molecule is NNC(=O)C1(c2cccc3ncccc23)CC1. The Labute approximate surface area is 98.8 Å². The summed E-state index contributed by atoms with van der Waals surface area (Å²) < 4.78 is 0. The number of fused-ring (bicyclic) bond motifs is 1. The molecule has 1 aromatic heterocycles. The number of hydrazine groups is 1. The average molecular weight is 227 g/mol. The van der Waals surface area contributed by atoms with Crippen LogP contribution in [0.15, 0.2) is 36.5 Å². The molecule has 17 heavy (non-hydrogen) atoms. The number of nitrogens with zero attached hydrogens (tertiary/aromatic N) is 1.